The Bertz CT molecular complexity index is 1380. The van der Waals surface area contributed by atoms with Crippen LogP contribution in [0.15, 0.2) is 65.8 Å². The highest BCUT2D eigenvalue weighted by Gasteiger charge is 2.20. The van der Waals surface area contributed by atoms with Gasteiger partial charge in [-0.3, -0.25) is 4.79 Å². The second-order valence-corrected chi connectivity index (χ2v) is 7.70. The van der Waals surface area contributed by atoms with Crippen LogP contribution < -0.4 is 15.6 Å². The summed E-state index contributed by atoms with van der Waals surface area (Å²) < 4.78 is 49.1. The second-order valence-electron chi connectivity index (χ2n) is 7.70. The molecule has 0 fully saturated rings. The minimum atomic E-state index is -2.91. The van der Waals surface area contributed by atoms with Crippen LogP contribution in [0.3, 0.4) is 0 Å². The summed E-state index contributed by atoms with van der Waals surface area (Å²) in [4.78, 5) is 17.3. The molecule has 176 valence electrons. The van der Waals surface area contributed by atoms with Crippen LogP contribution in [0.4, 0.5) is 24.5 Å². The molecule has 0 aliphatic heterocycles. The first-order chi connectivity index (χ1) is 16.3. The van der Waals surface area contributed by atoms with Crippen molar-refractivity contribution in [2.24, 2.45) is 0 Å². The molecule has 0 spiro atoms. The molecule has 0 aliphatic rings. The Labute approximate surface area is 193 Å². The number of alkyl halides is 2. The molecule has 34 heavy (non-hydrogen) atoms. The van der Waals surface area contributed by atoms with E-state index in [1.165, 1.54) is 25.3 Å². The molecule has 0 saturated carbocycles. The van der Waals surface area contributed by atoms with Crippen LogP contribution in [0.5, 0.6) is 5.75 Å². The van der Waals surface area contributed by atoms with Crippen LogP contribution in [0.2, 0.25) is 0 Å². The van der Waals surface area contributed by atoms with Crippen LogP contribution in [0, 0.1) is 12.7 Å². The van der Waals surface area contributed by atoms with E-state index in [1.54, 1.807) is 42.1 Å². The average molecular weight is 469 g/mol. The number of aromatic nitrogens is 4. The lowest BCUT2D eigenvalue weighted by atomic mass is 10.1. The summed E-state index contributed by atoms with van der Waals surface area (Å²) in [6.07, 6.45) is 0.563. The Morgan fingerprint density at radius 2 is 1.91 bits per heavy atom. The highest BCUT2D eigenvalue weighted by Crippen LogP contribution is 2.29. The predicted molar refractivity (Wildman–Crippen MR) is 122 cm³/mol. The van der Waals surface area contributed by atoms with Gasteiger partial charge in [0.2, 0.25) is 0 Å². The van der Waals surface area contributed by atoms with Crippen LogP contribution in [0.25, 0.3) is 5.69 Å². The number of methoxy groups -OCH3 is 1. The third-order valence-corrected chi connectivity index (χ3v) is 5.32. The number of nitrogens with one attached hydrogen (secondary N) is 1. The number of hydrogen-bond acceptors (Lipinski definition) is 5. The fourth-order valence-corrected chi connectivity index (χ4v) is 3.58. The molecule has 7 nitrogen and oxygen atoms in total. The minimum Gasteiger partial charge on any atom is -0.494 e. The molecule has 0 unspecified atom stereocenters. The van der Waals surface area contributed by atoms with Crippen molar-refractivity contribution in [3.63, 3.8) is 0 Å². The number of nitrogens with zero attached hydrogens (tertiary/aromatic N) is 4. The van der Waals surface area contributed by atoms with Crippen molar-refractivity contribution in [3.8, 4) is 11.4 Å². The normalized spacial score (nSPS) is 12.1. The van der Waals surface area contributed by atoms with Crippen molar-refractivity contribution in [3.05, 3.63) is 94.2 Å². The van der Waals surface area contributed by atoms with Gasteiger partial charge in [0.1, 0.15) is 22.9 Å². The Morgan fingerprint density at radius 1 is 1.12 bits per heavy atom. The zero-order valence-corrected chi connectivity index (χ0v) is 18.7. The number of halogens is 3. The number of aryl methyl sites for hydroxylation is 1. The summed E-state index contributed by atoms with van der Waals surface area (Å²) >= 11 is 0. The highest BCUT2D eigenvalue weighted by molar-refractivity contribution is 5.64. The standard InChI is InChI=1S/C24H22F3N5O2/c1-14-12-31(13-28-14)21-8-7-18(10-22(21)34-3)29-20-11-19(23(26)27)30-32(24(20)33)15(2)16-5-4-6-17(25)9-16/h4-13,15,23,29H,1-3H3/t15-/m0/s1. The van der Waals surface area contributed by atoms with Gasteiger partial charge in [-0.25, -0.2) is 22.8 Å². The van der Waals surface area contributed by atoms with E-state index in [0.717, 1.165) is 16.4 Å². The summed E-state index contributed by atoms with van der Waals surface area (Å²) in [6, 6.07) is 10.9. The smallest absolute Gasteiger partial charge is 0.291 e. The molecule has 0 amide bonds. The maximum absolute atomic E-state index is 13.7. The van der Waals surface area contributed by atoms with Crippen molar-refractivity contribution >= 4 is 11.4 Å². The van der Waals surface area contributed by atoms with Crippen LogP contribution in [-0.2, 0) is 0 Å². The minimum absolute atomic E-state index is 0.0955. The summed E-state index contributed by atoms with van der Waals surface area (Å²) in [5, 5.41) is 6.73. The Kier molecular flexibility index (Phi) is 6.40. The number of rotatable bonds is 7. The quantitative estimate of drug-likeness (QED) is 0.404. The van der Waals surface area contributed by atoms with E-state index in [4.69, 9.17) is 4.74 Å². The fraction of sp³-hybridized carbons (Fsp3) is 0.208. The summed E-state index contributed by atoms with van der Waals surface area (Å²) in [7, 11) is 1.50. The maximum atomic E-state index is 13.7. The van der Waals surface area contributed by atoms with Gasteiger partial charge >= 0.3 is 0 Å². The van der Waals surface area contributed by atoms with E-state index in [0.29, 0.717) is 22.7 Å². The van der Waals surface area contributed by atoms with Crippen LogP contribution in [-0.4, -0.2) is 26.4 Å². The second kappa shape index (κ2) is 9.42. The number of ether oxygens (including phenoxy) is 1. The molecular weight excluding hydrogens is 447 g/mol. The molecule has 2 aromatic heterocycles. The van der Waals surface area contributed by atoms with Gasteiger partial charge in [0.25, 0.3) is 12.0 Å². The molecule has 2 heterocycles. The first kappa shape index (κ1) is 23.1. The summed E-state index contributed by atoms with van der Waals surface area (Å²) in [6.45, 7) is 3.45. The first-order valence-corrected chi connectivity index (χ1v) is 10.4. The van der Waals surface area contributed by atoms with Gasteiger partial charge in [0.15, 0.2) is 0 Å². The van der Waals surface area contributed by atoms with Crippen LogP contribution >= 0.6 is 0 Å². The molecule has 0 aliphatic carbocycles. The molecule has 0 bridgehead atoms. The lowest BCUT2D eigenvalue weighted by molar-refractivity contribution is 0.142. The lowest BCUT2D eigenvalue weighted by Gasteiger charge is -2.18. The van der Waals surface area contributed by atoms with Crippen LogP contribution in [0.1, 0.15) is 36.3 Å². The Hall–Kier alpha value is -4.08. The van der Waals surface area contributed by atoms with Gasteiger partial charge in [-0.05, 0) is 49.7 Å². The van der Waals surface area contributed by atoms with Gasteiger partial charge in [-0.1, -0.05) is 12.1 Å². The average Bonchev–Trinajstić information content (AvgIpc) is 3.25. The zero-order chi connectivity index (χ0) is 24.4. The number of anilines is 2. The van der Waals surface area contributed by atoms with Crippen molar-refractivity contribution in [2.45, 2.75) is 26.3 Å². The molecular formula is C24H22F3N5O2. The van der Waals surface area contributed by atoms with E-state index in [-0.39, 0.29) is 5.69 Å². The van der Waals surface area contributed by atoms with Gasteiger partial charge in [-0.2, -0.15) is 5.10 Å². The summed E-state index contributed by atoms with van der Waals surface area (Å²) in [5.74, 6) is -0.0139. The van der Waals surface area contributed by atoms with Crippen molar-refractivity contribution in [1.82, 2.24) is 19.3 Å². The highest BCUT2D eigenvalue weighted by atomic mass is 19.3. The Morgan fingerprint density at radius 3 is 2.56 bits per heavy atom. The molecule has 2 aromatic carbocycles. The van der Waals surface area contributed by atoms with Gasteiger partial charge < -0.3 is 14.6 Å². The first-order valence-electron chi connectivity index (χ1n) is 10.4. The molecule has 1 atom stereocenters. The van der Waals surface area contributed by atoms with E-state index in [1.807, 2.05) is 13.1 Å². The van der Waals surface area contributed by atoms with Gasteiger partial charge in [0, 0.05) is 18.0 Å². The van der Waals surface area contributed by atoms with Crippen molar-refractivity contribution in [1.29, 1.82) is 0 Å². The lowest BCUT2D eigenvalue weighted by Crippen LogP contribution is -2.29. The molecule has 10 heteroatoms. The van der Waals surface area contributed by atoms with E-state index in [2.05, 4.69) is 15.4 Å². The molecule has 4 rings (SSSR count). The fourth-order valence-electron chi connectivity index (χ4n) is 3.58. The topological polar surface area (TPSA) is 74.0 Å². The number of benzene rings is 2. The van der Waals surface area contributed by atoms with E-state index >= 15 is 0 Å². The predicted octanol–water partition coefficient (Wildman–Crippen LogP) is 5.18. The van der Waals surface area contributed by atoms with Crippen molar-refractivity contribution < 1.29 is 17.9 Å². The molecule has 1 N–H and O–H groups in total. The monoisotopic (exact) mass is 469 g/mol. The SMILES string of the molecule is COc1cc(Nc2cc(C(F)F)nn([C@@H](C)c3cccc(F)c3)c2=O)ccc1-n1cnc(C)c1. The molecule has 4 aromatic rings. The van der Waals surface area contributed by atoms with E-state index in [9.17, 15) is 18.0 Å². The third kappa shape index (κ3) is 4.66. The van der Waals surface area contributed by atoms with Crippen molar-refractivity contribution in [2.75, 3.05) is 12.4 Å². The maximum Gasteiger partial charge on any atom is 0.291 e. The molecule has 0 saturated heterocycles. The Balaban J connectivity index is 1.74. The molecule has 0 radical (unpaired) electrons. The van der Waals surface area contributed by atoms with E-state index < -0.39 is 29.5 Å². The number of imidazole rings is 1. The van der Waals surface area contributed by atoms with Gasteiger partial charge in [-0.15, -0.1) is 0 Å². The van der Waals surface area contributed by atoms with Gasteiger partial charge in [0.05, 0.1) is 30.9 Å². The largest absolute Gasteiger partial charge is 0.494 e. The summed E-state index contributed by atoms with van der Waals surface area (Å²) in [5.41, 5.74) is 1.11. The third-order valence-electron chi connectivity index (χ3n) is 5.32. The zero-order valence-electron chi connectivity index (χ0n) is 18.7. The number of hydrogen-bond donors (Lipinski definition) is 1.